The van der Waals surface area contributed by atoms with E-state index in [9.17, 15) is 4.79 Å². The van der Waals surface area contributed by atoms with Crippen molar-refractivity contribution in [3.8, 4) is 0 Å². The molecule has 2 radical (unpaired) electrons. The van der Waals surface area contributed by atoms with Crippen LogP contribution in [-0.4, -0.2) is 29.7 Å². The molecule has 3 nitrogen and oxygen atoms in total. The zero-order valence-electron chi connectivity index (χ0n) is 17.8. The predicted molar refractivity (Wildman–Crippen MR) is 109 cm³/mol. The van der Waals surface area contributed by atoms with Crippen molar-refractivity contribution < 1.29 is 13.6 Å². The molecular formula is C20H40O3Si2. The minimum atomic E-state index is -2.14. The third-order valence-corrected chi connectivity index (χ3v) is 13.0. The number of hydrogen-bond donors (Lipinski definition) is 0. The van der Waals surface area contributed by atoms with Gasteiger partial charge in [-0.25, -0.2) is 0 Å². The van der Waals surface area contributed by atoms with Gasteiger partial charge in [-0.3, -0.25) is 4.79 Å². The van der Waals surface area contributed by atoms with Gasteiger partial charge in [-0.05, 0) is 56.3 Å². The Morgan fingerprint density at radius 2 is 1.56 bits per heavy atom. The second kappa shape index (κ2) is 9.70. The first-order valence-corrected chi connectivity index (χ1v) is 13.4. The van der Waals surface area contributed by atoms with E-state index in [1.807, 2.05) is 6.92 Å². The Balaban J connectivity index is 2.80. The second-order valence-electron chi connectivity index (χ2n) is 9.38. The predicted octanol–water partition coefficient (Wildman–Crippen LogP) is 6.12. The van der Waals surface area contributed by atoms with Crippen LogP contribution in [0.1, 0.15) is 87.5 Å². The van der Waals surface area contributed by atoms with E-state index in [1.165, 1.54) is 32.1 Å². The summed E-state index contributed by atoms with van der Waals surface area (Å²) < 4.78 is 12.3. The van der Waals surface area contributed by atoms with Gasteiger partial charge in [-0.2, -0.15) is 0 Å². The van der Waals surface area contributed by atoms with Gasteiger partial charge in [-0.15, -0.1) is 0 Å². The Hall–Kier alpha value is -0.136. The summed E-state index contributed by atoms with van der Waals surface area (Å²) in [6.45, 7) is 17.3. The second-order valence-corrected chi connectivity index (χ2v) is 15.3. The summed E-state index contributed by atoms with van der Waals surface area (Å²) in [5, 5.41) is 0. The molecule has 5 heteroatoms. The lowest BCUT2D eigenvalue weighted by Gasteiger charge is -2.45. The molecule has 0 spiro atoms. The first-order valence-electron chi connectivity index (χ1n) is 10.1. The summed E-state index contributed by atoms with van der Waals surface area (Å²) in [5.74, 6) is -0.0571. The third-order valence-electron chi connectivity index (χ3n) is 5.50. The average molecular weight is 385 g/mol. The van der Waals surface area contributed by atoms with Gasteiger partial charge >= 0.3 is 0 Å². The standard InChI is InChI=1S/C20H40O3Si2/c1-15(2)25(16(3)4,18-12-10-9-11-13-18)22-19(21)17(5)14-24-23-20(6,7)8/h15-18H,9-14H2,1-8H3. The van der Waals surface area contributed by atoms with Crippen LogP contribution in [0.5, 0.6) is 0 Å². The highest BCUT2D eigenvalue weighted by atomic mass is 28.4. The summed E-state index contributed by atoms with van der Waals surface area (Å²) in [6.07, 6.45) is 6.44. The molecule has 0 aromatic carbocycles. The van der Waals surface area contributed by atoms with E-state index >= 15 is 0 Å². The fourth-order valence-electron chi connectivity index (χ4n) is 4.22. The molecule has 0 aromatic heterocycles. The maximum absolute atomic E-state index is 12.9. The van der Waals surface area contributed by atoms with Crippen molar-refractivity contribution in [1.29, 1.82) is 0 Å². The molecule has 1 aliphatic carbocycles. The topological polar surface area (TPSA) is 35.5 Å². The van der Waals surface area contributed by atoms with Crippen LogP contribution < -0.4 is 0 Å². The molecule has 0 bridgehead atoms. The normalized spacial score (nSPS) is 18.6. The molecule has 0 N–H and O–H groups in total. The molecule has 1 aliphatic rings. The van der Waals surface area contributed by atoms with Crippen molar-refractivity contribution in [2.24, 2.45) is 5.92 Å². The quantitative estimate of drug-likeness (QED) is 0.473. The number of carbonyl (C=O) groups is 1. The molecular weight excluding hydrogens is 344 g/mol. The lowest BCUT2D eigenvalue weighted by atomic mass is 10.0. The number of carbonyl (C=O) groups excluding carboxylic acids is 1. The zero-order valence-corrected chi connectivity index (χ0v) is 19.8. The van der Waals surface area contributed by atoms with Gasteiger partial charge in [0.25, 0.3) is 14.3 Å². The van der Waals surface area contributed by atoms with Gasteiger partial charge in [-0.1, -0.05) is 53.9 Å². The van der Waals surface area contributed by atoms with Gasteiger partial charge in [0.1, 0.15) is 0 Å². The minimum Gasteiger partial charge on any atom is -0.518 e. The van der Waals surface area contributed by atoms with E-state index in [4.69, 9.17) is 8.85 Å². The van der Waals surface area contributed by atoms with Crippen LogP contribution in [0, 0.1) is 5.92 Å². The zero-order chi connectivity index (χ0) is 19.3. The lowest BCUT2D eigenvalue weighted by molar-refractivity contribution is -0.139. The van der Waals surface area contributed by atoms with Gasteiger partial charge in [0.15, 0.2) is 0 Å². The van der Waals surface area contributed by atoms with Gasteiger partial charge in [0.05, 0.1) is 5.92 Å². The molecule has 1 fully saturated rings. The highest BCUT2D eigenvalue weighted by molar-refractivity contribution is 6.79. The van der Waals surface area contributed by atoms with Crippen molar-refractivity contribution >= 4 is 24.0 Å². The summed E-state index contributed by atoms with van der Waals surface area (Å²) in [6, 6.07) is 0.765. The molecule has 146 valence electrons. The molecule has 0 aromatic rings. The molecule has 0 amide bonds. The summed E-state index contributed by atoms with van der Waals surface area (Å²) in [5.41, 5.74) is 1.43. The Bertz CT molecular complexity index is 402. The van der Waals surface area contributed by atoms with E-state index in [0.717, 1.165) is 6.04 Å². The molecule has 1 saturated carbocycles. The van der Waals surface area contributed by atoms with E-state index in [-0.39, 0.29) is 17.5 Å². The maximum Gasteiger partial charge on any atom is 0.295 e. The van der Waals surface area contributed by atoms with Gasteiger partial charge < -0.3 is 8.85 Å². The van der Waals surface area contributed by atoms with E-state index in [1.54, 1.807) is 0 Å². The monoisotopic (exact) mass is 384 g/mol. The van der Waals surface area contributed by atoms with Gasteiger partial charge in [0.2, 0.25) is 9.76 Å². The number of rotatable bonds is 8. The highest BCUT2D eigenvalue weighted by Gasteiger charge is 2.52. The Labute approximate surface area is 159 Å². The van der Waals surface area contributed by atoms with E-state index in [2.05, 4.69) is 48.5 Å². The van der Waals surface area contributed by atoms with Crippen LogP contribution in [0.15, 0.2) is 0 Å². The van der Waals surface area contributed by atoms with Gasteiger partial charge in [0, 0.05) is 5.60 Å². The highest BCUT2D eigenvalue weighted by Crippen LogP contribution is 2.49. The molecule has 1 unspecified atom stereocenters. The fraction of sp³-hybridized carbons (Fsp3) is 0.950. The van der Waals surface area contributed by atoms with Crippen molar-refractivity contribution in [1.82, 2.24) is 0 Å². The molecule has 1 rings (SSSR count). The van der Waals surface area contributed by atoms with E-state index in [0.29, 0.717) is 26.4 Å². The fourth-order valence-corrected chi connectivity index (χ4v) is 10.9. The Kier molecular flexibility index (Phi) is 8.89. The van der Waals surface area contributed by atoms with Crippen molar-refractivity contribution in [2.45, 2.75) is 116 Å². The smallest absolute Gasteiger partial charge is 0.295 e. The number of hydrogen-bond acceptors (Lipinski definition) is 3. The first-order chi connectivity index (χ1) is 11.5. The Morgan fingerprint density at radius 1 is 1.04 bits per heavy atom. The summed E-state index contributed by atoms with van der Waals surface area (Å²) in [7, 11) is -1.79. The van der Waals surface area contributed by atoms with Crippen LogP contribution >= 0.6 is 0 Å². The minimum absolute atomic E-state index is 0.0182. The van der Waals surface area contributed by atoms with Crippen LogP contribution in [0.25, 0.3) is 0 Å². The summed E-state index contributed by atoms with van der Waals surface area (Å²) in [4.78, 5) is 12.9. The SMILES string of the molecule is CC(C[Si]OC(C)(C)C)C(=O)O[Si](C(C)C)(C(C)C)C1CCCCC1. The van der Waals surface area contributed by atoms with Crippen LogP contribution in [0.2, 0.25) is 22.7 Å². The largest absolute Gasteiger partial charge is 0.518 e. The summed E-state index contributed by atoms with van der Waals surface area (Å²) >= 11 is 0. The molecule has 0 saturated heterocycles. The molecule has 25 heavy (non-hydrogen) atoms. The van der Waals surface area contributed by atoms with E-state index < -0.39 is 8.32 Å². The first kappa shape index (κ1) is 22.9. The van der Waals surface area contributed by atoms with Crippen LogP contribution in [0.4, 0.5) is 0 Å². The van der Waals surface area contributed by atoms with Crippen molar-refractivity contribution in [2.75, 3.05) is 0 Å². The van der Waals surface area contributed by atoms with Crippen molar-refractivity contribution in [3.05, 3.63) is 0 Å². The molecule has 0 heterocycles. The lowest BCUT2D eigenvalue weighted by Crippen LogP contribution is -2.52. The Morgan fingerprint density at radius 3 is 2.00 bits per heavy atom. The molecule has 0 aliphatic heterocycles. The third kappa shape index (κ3) is 6.51. The molecule has 1 atom stereocenters. The maximum atomic E-state index is 12.9. The average Bonchev–Trinajstić information content (AvgIpc) is 2.51. The van der Waals surface area contributed by atoms with Crippen LogP contribution in [-0.2, 0) is 13.6 Å². The van der Waals surface area contributed by atoms with Crippen LogP contribution in [0.3, 0.4) is 0 Å². The van der Waals surface area contributed by atoms with Crippen molar-refractivity contribution in [3.63, 3.8) is 0 Å².